The van der Waals surface area contributed by atoms with Gasteiger partial charge >= 0.3 is 0 Å². The van der Waals surface area contributed by atoms with Gasteiger partial charge in [-0.05, 0) is 17.7 Å². The third-order valence-electron chi connectivity index (χ3n) is 2.79. The van der Waals surface area contributed by atoms with E-state index in [9.17, 15) is 18.3 Å². The Morgan fingerprint density at radius 2 is 2.05 bits per heavy atom. The van der Waals surface area contributed by atoms with Gasteiger partial charge in [-0.3, -0.25) is 4.79 Å². The molecule has 2 aromatic rings. The molecule has 0 aliphatic heterocycles. The summed E-state index contributed by atoms with van der Waals surface area (Å²) in [6.07, 6.45) is 2.53. The third kappa shape index (κ3) is 2.89. The summed E-state index contributed by atoms with van der Waals surface area (Å²) < 4.78 is 25.6. The van der Waals surface area contributed by atoms with E-state index >= 15 is 0 Å². The Morgan fingerprint density at radius 3 is 2.70 bits per heavy atom. The zero-order chi connectivity index (χ0) is 14.8. The van der Waals surface area contributed by atoms with Crippen LogP contribution in [0.2, 0.25) is 0 Å². The van der Waals surface area contributed by atoms with Crippen molar-refractivity contribution in [3.8, 4) is 5.75 Å². The lowest BCUT2D eigenvalue weighted by atomic mass is 10.2. The highest BCUT2D eigenvalue weighted by molar-refractivity contribution is 7.89. The first-order chi connectivity index (χ1) is 9.41. The van der Waals surface area contributed by atoms with Gasteiger partial charge in [0.1, 0.15) is 10.6 Å². The van der Waals surface area contributed by atoms with Gasteiger partial charge in [0.25, 0.3) is 0 Å². The third-order valence-corrected chi connectivity index (χ3v) is 4.62. The van der Waals surface area contributed by atoms with Crippen LogP contribution in [0.25, 0.3) is 0 Å². The van der Waals surface area contributed by atoms with E-state index < -0.39 is 15.5 Å². The van der Waals surface area contributed by atoms with Crippen LogP contribution in [0.1, 0.15) is 5.56 Å². The van der Waals surface area contributed by atoms with E-state index in [0.717, 1.165) is 16.6 Å². The summed E-state index contributed by atoms with van der Waals surface area (Å²) in [6.45, 7) is 0.0606. The molecular weight excluding hydrogens is 280 g/mol. The van der Waals surface area contributed by atoms with Crippen molar-refractivity contribution in [2.75, 3.05) is 7.05 Å². The largest absolute Gasteiger partial charge is 0.508 e. The van der Waals surface area contributed by atoms with E-state index in [1.165, 1.54) is 25.4 Å². The van der Waals surface area contributed by atoms with Crippen LogP contribution >= 0.6 is 0 Å². The predicted octanol–water partition coefficient (Wildman–Crippen LogP) is 0.901. The number of hydrogen-bond donors (Lipinski definition) is 2. The average molecular weight is 294 g/mol. The quantitative estimate of drug-likeness (QED) is 0.876. The zero-order valence-electron chi connectivity index (χ0n) is 10.8. The lowest BCUT2D eigenvalue weighted by Gasteiger charge is -2.16. The number of nitrogens with zero attached hydrogens (tertiary/aromatic N) is 1. The fourth-order valence-electron chi connectivity index (χ4n) is 1.77. The van der Waals surface area contributed by atoms with Crippen molar-refractivity contribution in [3.05, 3.63) is 58.5 Å². The molecule has 0 spiro atoms. The number of phenolic OH excluding ortho intramolecular Hbond substituents is 1. The van der Waals surface area contributed by atoms with Crippen LogP contribution in [-0.2, 0) is 16.6 Å². The van der Waals surface area contributed by atoms with Crippen LogP contribution in [0, 0.1) is 0 Å². The molecule has 0 aliphatic rings. The molecule has 0 saturated carbocycles. The topological polar surface area (TPSA) is 90.5 Å². The van der Waals surface area contributed by atoms with E-state index in [1.54, 1.807) is 12.1 Å². The van der Waals surface area contributed by atoms with Crippen LogP contribution < -0.4 is 5.43 Å². The first kappa shape index (κ1) is 14.3. The molecule has 0 unspecified atom stereocenters. The van der Waals surface area contributed by atoms with Crippen molar-refractivity contribution in [1.29, 1.82) is 0 Å². The smallest absolute Gasteiger partial charge is 0.248 e. The summed E-state index contributed by atoms with van der Waals surface area (Å²) in [5.41, 5.74) is 0.0648. The summed E-state index contributed by atoms with van der Waals surface area (Å²) in [6, 6.07) is 7.46. The maximum Gasteiger partial charge on any atom is 0.248 e. The summed E-state index contributed by atoms with van der Waals surface area (Å²) in [5, 5.41) is 9.37. The maximum atomic E-state index is 12.3. The van der Waals surface area contributed by atoms with Gasteiger partial charge < -0.3 is 10.1 Å². The summed E-state index contributed by atoms with van der Waals surface area (Å²) in [5.74, 6) is 0.0610. The molecule has 0 fully saturated rings. The van der Waals surface area contributed by atoms with Crippen molar-refractivity contribution in [2.45, 2.75) is 11.4 Å². The first-order valence-electron chi connectivity index (χ1n) is 5.82. The Kier molecular flexibility index (Phi) is 3.91. The standard InChI is InChI=1S/C13H14N2O4S/c1-15(9-10-3-2-4-11(16)7-10)20(18,19)13-8-14-6-5-12(13)17/h2-8,16H,9H2,1H3,(H,14,17). The van der Waals surface area contributed by atoms with Crippen molar-refractivity contribution in [3.63, 3.8) is 0 Å². The summed E-state index contributed by atoms with van der Waals surface area (Å²) >= 11 is 0. The second kappa shape index (κ2) is 5.48. The molecule has 0 aliphatic carbocycles. The number of aromatic amines is 1. The molecule has 7 heteroatoms. The Hall–Kier alpha value is -2.12. The Bertz CT molecular complexity index is 768. The highest BCUT2D eigenvalue weighted by Crippen LogP contribution is 2.16. The number of nitrogens with one attached hydrogen (secondary N) is 1. The van der Waals surface area contributed by atoms with Crippen LogP contribution in [-0.4, -0.2) is 29.9 Å². The molecule has 0 radical (unpaired) electrons. The van der Waals surface area contributed by atoms with Gasteiger partial charge in [0.2, 0.25) is 15.5 Å². The molecule has 0 atom stereocenters. The molecule has 2 N–H and O–H groups in total. The highest BCUT2D eigenvalue weighted by Gasteiger charge is 2.23. The van der Waals surface area contributed by atoms with Crippen molar-refractivity contribution in [2.24, 2.45) is 0 Å². The fourth-order valence-corrected chi connectivity index (χ4v) is 2.96. The van der Waals surface area contributed by atoms with Gasteiger partial charge in [-0.2, -0.15) is 4.31 Å². The molecule has 0 amide bonds. The van der Waals surface area contributed by atoms with E-state index in [-0.39, 0.29) is 17.2 Å². The van der Waals surface area contributed by atoms with Crippen LogP contribution in [0.3, 0.4) is 0 Å². The van der Waals surface area contributed by atoms with Crippen molar-refractivity contribution in [1.82, 2.24) is 9.29 Å². The predicted molar refractivity (Wildman–Crippen MR) is 73.8 cm³/mol. The minimum atomic E-state index is -3.87. The molecule has 6 nitrogen and oxygen atoms in total. The van der Waals surface area contributed by atoms with Gasteiger partial charge in [-0.15, -0.1) is 0 Å². The molecule has 1 aromatic heterocycles. The van der Waals surface area contributed by atoms with Crippen LogP contribution in [0.5, 0.6) is 5.75 Å². The van der Waals surface area contributed by atoms with Gasteiger partial charge in [-0.25, -0.2) is 8.42 Å². The number of pyridine rings is 1. The summed E-state index contributed by atoms with van der Waals surface area (Å²) in [4.78, 5) is 13.9. The fraction of sp³-hybridized carbons (Fsp3) is 0.154. The number of aromatic nitrogens is 1. The van der Waals surface area contributed by atoms with E-state index in [0.29, 0.717) is 5.56 Å². The second-order valence-corrected chi connectivity index (χ2v) is 6.32. The molecule has 106 valence electrons. The SMILES string of the molecule is CN(Cc1cccc(O)c1)S(=O)(=O)c1c[nH]ccc1=O. The molecule has 2 rings (SSSR count). The number of aromatic hydroxyl groups is 1. The first-order valence-corrected chi connectivity index (χ1v) is 7.26. The van der Waals surface area contributed by atoms with E-state index in [2.05, 4.69) is 4.98 Å². The van der Waals surface area contributed by atoms with Gasteiger partial charge in [0.15, 0.2) is 0 Å². The number of hydrogen-bond acceptors (Lipinski definition) is 4. The monoisotopic (exact) mass is 294 g/mol. The molecule has 0 bridgehead atoms. The number of benzene rings is 1. The van der Waals surface area contributed by atoms with E-state index in [4.69, 9.17) is 0 Å². The van der Waals surface area contributed by atoms with Crippen LogP contribution in [0.4, 0.5) is 0 Å². The molecule has 0 saturated heterocycles. The lowest BCUT2D eigenvalue weighted by molar-refractivity contribution is 0.457. The lowest BCUT2D eigenvalue weighted by Crippen LogP contribution is -2.30. The minimum absolute atomic E-state index is 0.0606. The van der Waals surface area contributed by atoms with Crippen molar-refractivity contribution < 1.29 is 13.5 Å². The summed E-state index contributed by atoms with van der Waals surface area (Å²) in [7, 11) is -2.49. The van der Waals surface area contributed by atoms with Gasteiger partial charge in [-0.1, -0.05) is 12.1 Å². The normalized spacial score (nSPS) is 11.7. The highest BCUT2D eigenvalue weighted by atomic mass is 32.2. The average Bonchev–Trinajstić information content (AvgIpc) is 2.39. The molecule has 20 heavy (non-hydrogen) atoms. The number of phenols is 1. The number of H-pyrrole nitrogens is 1. The molecule has 1 aromatic carbocycles. The Balaban J connectivity index is 2.31. The minimum Gasteiger partial charge on any atom is -0.508 e. The number of sulfonamides is 1. The Morgan fingerprint density at radius 1 is 1.30 bits per heavy atom. The zero-order valence-corrected chi connectivity index (χ0v) is 11.6. The van der Waals surface area contributed by atoms with Gasteiger partial charge in [0, 0.05) is 32.1 Å². The van der Waals surface area contributed by atoms with Crippen LogP contribution in [0.15, 0.2) is 52.4 Å². The van der Waals surface area contributed by atoms with Crippen molar-refractivity contribution >= 4 is 10.0 Å². The van der Waals surface area contributed by atoms with E-state index in [1.807, 2.05) is 0 Å². The maximum absolute atomic E-state index is 12.3. The second-order valence-electron chi connectivity index (χ2n) is 4.30. The molecular formula is C13H14N2O4S. The Labute approximate surface area is 116 Å². The van der Waals surface area contributed by atoms with Gasteiger partial charge in [0.05, 0.1) is 0 Å². The molecule has 1 heterocycles. The number of rotatable bonds is 4.